The average molecular weight is 244 g/mol. The van der Waals surface area contributed by atoms with Gasteiger partial charge < -0.3 is 9.84 Å². The molecular formula is C14H12O2S. The number of rotatable bonds is 2. The molecule has 0 saturated heterocycles. The van der Waals surface area contributed by atoms with E-state index in [1.54, 1.807) is 11.8 Å². The maximum absolute atomic E-state index is 9.96. The zero-order valence-electron chi connectivity index (χ0n) is 9.22. The van der Waals surface area contributed by atoms with E-state index >= 15 is 0 Å². The van der Waals surface area contributed by atoms with Gasteiger partial charge in [-0.2, -0.15) is 0 Å². The Morgan fingerprint density at radius 2 is 1.94 bits per heavy atom. The minimum Gasteiger partial charge on any atom is -0.507 e. The smallest absolute Gasteiger partial charge is 0.130 e. The van der Waals surface area contributed by atoms with Crippen LogP contribution in [0.1, 0.15) is 5.56 Å². The molecule has 2 aromatic carbocycles. The van der Waals surface area contributed by atoms with Crippen LogP contribution in [-0.2, 0) is 6.42 Å². The topological polar surface area (TPSA) is 29.5 Å². The summed E-state index contributed by atoms with van der Waals surface area (Å²) in [6, 6.07) is 13.8. The molecule has 0 aromatic heterocycles. The van der Waals surface area contributed by atoms with E-state index in [2.05, 4.69) is 0 Å². The first-order valence-electron chi connectivity index (χ1n) is 5.54. The van der Waals surface area contributed by atoms with E-state index in [-0.39, 0.29) is 0 Å². The number of benzene rings is 2. The summed E-state index contributed by atoms with van der Waals surface area (Å²) in [5.74, 6) is 1.24. The predicted molar refractivity (Wildman–Crippen MR) is 67.9 cm³/mol. The summed E-state index contributed by atoms with van der Waals surface area (Å²) in [4.78, 5) is 1.96. The van der Waals surface area contributed by atoms with Gasteiger partial charge in [-0.05, 0) is 24.3 Å². The third-order valence-corrected chi connectivity index (χ3v) is 3.80. The highest BCUT2D eigenvalue weighted by Gasteiger charge is 2.16. The van der Waals surface area contributed by atoms with Crippen molar-refractivity contribution in [2.45, 2.75) is 16.2 Å². The molecule has 2 aromatic rings. The molecule has 17 heavy (non-hydrogen) atoms. The van der Waals surface area contributed by atoms with Crippen molar-refractivity contribution in [1.29, 1.82) is 0 Å². The minimum absolute atomic E-state index is 0.336. The molecule has 3 heteroatoms. The predicted octanol–water partition coefficient (Wildman–Crippen LogP) is 3.48. The first-order chi connectivity index (χ1) is 8.33. The van der Waals surface area contributed by atoms with E-state index in [9.17, 15) is 5.11 Å². The van der Waals surface area contributed by atoms with Crippen LogP contribution in [0.4, 0.5) is 0 Å². The van der Waals surface area contributed by atoms with Gasteiger partial charge in [-0.25, -0.2) is 0 Å². The van der Waals surface area contributed by atoms with E-state index in [4.69, 9.17) is 4.74 Å². The molecule has 0 bridgehead atoms. The normalized spacial score (nSPS) is 13.2. The van der Waals surface area contributed by atoms with Crippen LogP contribution >= 0.6 is 11.8 Å². The molecule has 0 fully saturated rings. The van der Waals surface area contributed by atoms with Crippen molar-refractivity contribution < 1.29 is 9.84 Å². The second-order valence-electron chi connectivity index (χ2n) is 3.94. The van der Waals surface area contributed by atoms with Gasteiger partial charge in [-0.3, -0.25) is 0 Å². The molecule has 0 aliphatic carbocycles. The van der Waals surface area contributed by atoms with Crippen molar-refractivity contribution in [3.8, 4) is 11.5 Å². The summed E-state index contributed by atoms with van der Waals surface area (Å²) in [7, 11) is 0. The molecule has 0 radical (unpaired) electrons. The summed E-state index contributed by atoms with van der Waals surface area (Å²) >= 11 is 1.55. The van der Waals surface area contributed by atoms with Gasteiger partial charge in [0.15, 0.2) is 0 Å². The average Bonchev–Trinajstić information content (AvgIpc) is 2.78. The van der Waals surface area contributed by atoms with Crippen molar-refractivity contribution in [3.63, 3.8) is 0 Å². The number of fused-ring (bicyclic) bond motifs is 1. The molecule has 0 saturated carbocycles. The fraction of sp³-hybridized carbons (Fsp3) is 0.143. The molecule has 86 valence electrons. The van der Waals surface area contributed by atoms with E-state index in [1.165, 1.54) is 0 Å². The third kappa shape index (κ3) is 2.11. The van der Waals surface area contributed by atoms with Crippen LogP contribution in [0, 0.1) is 0 Å². The van der Waals surface area contributed by atoms with Crippen molar-refractivity contribution >= 4 is 11.8 Å². The summed E-state index contributed by atoms with van der Waals surface area (Å²) < 4.78 is 5.51. The lowest BCUT2D eigenvalue weighted by atomic mass is 10.1. The highest BCUT2D eigenvalue weighted by atomic mass is 32.2. The van der Waals surface area contributed by atoms with Crippen LogP contribution < -0.4 is 4.74 Å². The monoisotopic (exact) mass is 244 g/mol. The number of aromatic hydroxyl groups is 1. The summed E-state index contributed by atoms with van der Waals surface area (Å²) in [6.45, 7) is 0.716. The lowest BCUT2D eigenvalue weighted by molar-refractivity contribution is 0.355. The van der Waals surface area contributed by atoms with E-state index in [0.29, 0.717) is 12.4 Å². The Hall–Kier alpha value is -1.61. The molecular weight excluding hydrogens is 232 g/mol. The number of hydrogen-bond acceptors (Lipinski definition) is 3. The van der Waals surface area contributed by atoms with E-state index in [1.807, 2.05) is 42.5 Å². The summed E-state index contributed by atoms with van der Waals surface area (Å²) in [5, 5.41) is 9.96. The lowest BCUT2D eigenvalue weighted by Gasteiger charge is -2.07. The van der Waals surface area contributed by atoms with Gasteiger partial charge in [-0.15, -0.1) is 0 Å². The van der Waals surface area contributed by atoms with Crippen LogP contribution in [0.2, 0.25) is 0 Å². The first-order valence-corrected chi connectivity index (χ1v) is 6.36. The van der Waals surface area contributed by atoms with Gasteiger partial charge in [0, 0.05) is 16.9 Å². The van der Waals surface area contributed by atoms with Gasteiger partial charge in [0.2, 0.25) is 0 Å². The molecule has 0 spiro atoms. The zero-order valence-corrected chi connectivity index (χ0v) is 10.0. The van der Waals surface area contributed by atoms with Gasteiger partial charge in [0.25, 0.3) is 0 Å². The number of hydrogen-bond donors (Lipinski definition) is 1. The molecule has 0 amide bonds. The number of phenols is 1. The Labute approximate surface area is 104 Å². The van der Waals surface area contributed by atoms with Crippen LogP contribution in [0.15, 0.2) is 52.3 Å². The van der Waals surface area contributed by atoms with Crippen molar-refractivity contribution in [2.24, 2.45) is 0 Å². The van der Waals surface area contributed by atoms with Crippen LogP contribution in [0.3, 0.4) is 0 Å². The third-order valence-electron chi connectivity index (χ3n) is 2.74. The van der Waals surface area contributed by atoms with Crippen LogP contribution in [0.25, 0.3) is 0 Å². The van der Waals surface area contributed by atoms with Crippen LogP contribution in [0.5, 0.6) is 11.5 Å². The zero-order chi connectivity index (χ0) is 11.7. The molecule has 2 nitrogen and oxygen atoms in total. The van der Waals surface area contributed by atoms with Gasteiger partial charge in [0.1, 0.15) is 11.5 Å². The number of ether oxygens (including phenoxy) is 1. The van der Waals surface area contributed by atoms with Gasteiger partial charge >= 0.3 is 0 Å². The standard InChI is InChI=1S/C14H12O2S/c15-12-8-10-6-7-16-13(10)9-14(12)17-11-4-2-1-3-5-11/h1-5,8-9,15H,6-7H2. The van der Waals surface area contributed by atoms with E-state index < -0.39 is 0 Å². The SMILES string of the molecule is Oc1cc2c(cc1Sc1ccccc1)OCC2. The number of phenolic OH excluding ortho intramolecular Hbond substituents is 1. The Balaban J connectivity index is 1.93. The van der Waals surface area contributed by atoms with Gasteiger partial charge in [0.05, 0.1) is 11.5 Å². The highest BCUT2D eigenvalue weighted by Crippen LogP contribution is 2.40. The van der Waals surface area contributed by atoms with Gasteiger partial charge in [-0.1, -0.05) is 30.0 Å². The van der Waals surface area contributed by atoms with Crippen molar-refractivity contribution in [1.82, 2.24) is 0 Å². The Morgan fingerprint density at radius 3 is 2.76 bits per heavy atom. The Morgan fingerprint density at radius 1 is 1.12 bits per heavy atom. The van der Waals surface area contributed by atoms with Crippen LogP contribution in [-0.4, -0.2) is 11.7 Å². The maximum Gasteiger partial charge on any atom is 0.130 e. The quantitative estimate of drug-likeness (QED) is 0.877. The first kappa shape index (κ1) is 10.5. The molecule has 0 unspecified atom stereocenters. The fourth-order valence-corrected chi connectivity index (χ4v) is 2.77. The largest absolute Gasteiger partial charge is 0.507 e. The maximum atomic E-state index is 9.96. The second kappa shape index (κ2) is 4.34. The Bertz CT molecular complexity index is 537. The van der Waals surface area contributed by atoms with E-state index in [0.717, 1.165) is 27.5 Å². The molecule has 1 aliphatic heterocycles. The van der Waals surface area contributed by atoms with Crippen molar-refractivity contribution in [3.05, 3.63) is 48.0 Å². The summed E-state index contributed by atoms with van der Waals surface area (Å²) in [5.41, 5.74) is 1.10. The molecule has 1 N–H and O–H groups in total. The molecule has 1 aliphatic rings. The molecule has 1 heterocycles. The summed E-state index contributed by atoms with van der Waals surface area (Å²) in [6.07, 6.45) is 0.888. The minimum atomic E-state index is 0.336. The van der Waals surface area contributed by atoms with Crippen molar-refractivity contribution in [2.75, 3.05) is 6.61 Å². The highest BCUT2D eigenvalue weighted by molar-refractivity contribution is 7.99. The molecule has 3 rings (SSSR count). The second-order valence-corrected chi connectivity index (χ2v) is 5.06. The fourth-order valence-electron chi connectivity index (χ4n) is 1.89. The Kier molecular flexibility index (Phi) is 2.69. The molecule has 0 atom stereocenters. The lowest BCUT2D eigenvalue weighted by Crippen LogP contribution is -1.86.